The molecule has 0 spiro atoms. The van der Waals surface area contributed by atoms with Crippen LogP contribution in [0.4, 0.5) is 5.82 Å². The molecule has 4 rings (SSSR count). The summed E-state index contributed by atoms with van der Waals surface area (Å²) in [7, 11) is 0. The fraction of sp³-hybridized carbons (Fsp3) is 0.263. The van der Waals surface area contributed by atoms with E-state index >= 15 is 0 Å². The molecule has 0 bridgehead atoms. The lowest BCUT2D eigenvalue weighted by molar-refractivity contribution is -0.117. The first-order chi connectivity index (χ1) is 12.6. The van der Waals surface area contributed by atoms with Crippen LogP contribution in [0.2, 0.25) is 0 Å². The van der Waals surface area contributed by atoms with Crippen LogP contribution in [-0.2, 0) is 11.3 Å². The third-order valence-corrected chi connectivity index (χ3v) is 4.60. The maximum absolute atomic E-state index is 12.3. The minimum absolute atomic E-state index is 0.165. The molecule has 1 aromatic carbocycles. The summed E-state index contributed by atoms with van der Waals surface area (Å²) in [6.45, 7) is 2.02. The number of hydrogen-bond acceptors (Lipinski definition) is 4. The van der Waals surface area contributed by atoms with Crippen molar-refractivity contribution in [1.29, 1.82) is 0 Å². The highest BCUT2D eigenvalue weighted by molar-refractivity contribution is 5.89. The number of hydrogen-bond donors (Lipinski definition) is 2. The largest absolute Gasteiger partial charge is 0.308 e. The van der Waals surface area contributed by atoms with Gasteiger partial charge in [-0.3, -0.25) is 14.7 Å². The molecule has 1 fully saturated rings. The van der Waals surface area contributed by atoms with Crippen molar-refractivity contribution in [3.05, 3.63) is 64.6 Å². The number of amides is 1. The third kappa shape index (κ3) is 3.42. The van der Waals surface area contributed by atoms with Crippen LogP contribution in [0, 0.1) is 5.92 Å². The maximum Gasteiger partial charge on any atom is 0.267 e. The lowest BCUT2D eigenvalue weighted by Gasteiger charge is -2.07. The summed E-state index contributed by atoms with van der Waals surface area (Å²) in [6.07, 6.45) is 1.14. The number of nitrogens with zero attached hydrogens (tertiary/aromatic N) is 3. The number of carbonyl (C=O) groups excluding carboxylic acids is 1. The second-order valence-electron chi connectivity index (χ2n) is 6.66. The van der Waals surface area contributed by atoms with E-state index in [2.05, 4.69) is 27.5 Å². The molecule has 7 nitrogen and oxygen atoms in total. The first kappa shape index (κ1) is 16.3. The zero-order valence-electron chi connectivity index (χ0n) is 14.3. The molecule has 1 aliphatic rings. The van der Waals surface area contributed by atoms with E-state index in [1.165, 1.54) is 6.07 Å². The fourth-order valence-electron chi connectivity index (χ4n) is 2.99. The molecule has 2 heterocycles. The van der Waals surface area contributed by atoms with E-state index in [-0.39, 0.29) is 18.0 Å². The van der Waals surface area contributed by atoms with E-state index in [9.17, 15) is 9.59 Å². The van der Waals surface area contributed by atoms with Gasteiger partial charge in [0.2, 0.25) is 5.91 Å². The molecule has 132 valence electrons. The second-order valence-corrected chi connectivity index (χ2v) is 6.66. The molecule has 26 heavy (non-hydrogen) atoms. The Morgan fingerprint density at radius 3 is 2.77 bits per heavy atom. The summed E-state index contributed by atoms with van der Waals surface area (Å²) in [5.41, 5.74) is 2.24. The van der Waals surface area contributed by atoms with Gasteiger partial charge < -0.3 is 5.32 Å². The Morgan fingerprint density at radius 1 is 1.27 bits per heavy atom. The predicted molar refractivity (Wildman–Crippen MR) is 97.7 cm³/mol. The number of aromatic amines is 1. The van der Waals surface area contributed by atoms with E-state index in [4.69, 9.17) is 0 Å². The van der Waals surface area contributed by atoms with Crippen molar-refractivity contribution in [3.8, 4) is 11.3 Å². The van der Waals surface area contributed by atoms with Crippen LogP contribution in [0.5, 0.6) is 0 Å². The van der Waals surface area contributed by atoms with Gasteiger partial charge in [0, 0.05) is 29.3 Å². The Labute approximate surface area is 150 Å². The van der Waals surface area contributed by atoms with Gasteiger partial charge in [0.15, 0.2) is 5.82 Å². The minimum atomic E-state index is -0.341. The number of carbonyl (C=O) groups is 1. The molecular weight excluding hydrogens is 330 g/mol. The second kappa shape index (κ2) is 6.59. The predicted octanol–water partition coefficient (Wildman–Crippen LogP) is 2.40. The van der Waals surface area contributed by atoms with Crippen LogP contribution in [-0.4, -0.2) is 25.9 Å². The van der Waals surface area contributed by atoms with Crippen LogP contribution in [0.3, 0.4) is 0 Å². The summed E-state index contributed by atoms with van der Waals surface area (Å²) in [5, 5.41) is 14.1. The van der Waals surface area contributed by atoms with E-state index in [0.717, 1.165) is 22.4 Å². The summed E-state index contributed by atoms with van der Waals surface area (Å²) in [6, 6.07) is 14.4. The lowest BCUT2D eigenvalue weighted by atomic mass is 10.1. The van der Waals surface area contributed by atoms with E-state index in [1.807, 2.05) is 36.4 Å². The standard InChI is InChI=1S/C19H19N5O2/c1-12-9-14(12)16-10-17(22-21-16)20-18(25)11-24-19(26)8-7-15(23-24)13-5-3-2-4-6-13/h2-8,10,12,14H,9,11H2,1H3,(H2,20,21,22,25). The molecule has 0 saturated heterocycles. The zero-order valence-corrected chi connectivity index (χ0v) is 14.3. The van der Waals surface area contributed by atoms with Gasteiger partial charge in [0.05, 0.1) is 5.69 Å². The summed E-state index contributed by atoms with van der Waals surface area (Å²) < 4.78 is 1.16. The van der Waals surface area contributed by atoms with Gasteiger partial charge in [-0.2, -0.15) is 10.2 Å². The highest BCUT2D eigenvalue weighted by atomic mass is 16.2. The fourth-order valence-corrected chi connectivity index (χ4v) is 2.99. The molecule has 7 heteroatoms. The van der Waals surface area contributed by atoms with Gasteiger partial charge >= 0.3 is 0 Å². The number of benzene rings is 1. The van der Waals surface area contributed by atoms with Crippen molar-refractivity contribution in [2.24, 2.45) is 5.92 Å². The van der Waals surface area contributed by atoms with Crippen LogP contribution < -0.4 is 10.9 Å². The molecular formula is C19H19N5O2. The van der Waals surface area contributed by atoms with Crippen LogP contribution in [0.1, 0.15) is 25.0 Å². The number of rotatable bonds is 5. The number of anilines is 1. The van der Waals surface area contributed by atoms with Gasteiger partial charge in [-0.15, -0.1) is 0 Å². The monoisotopic (exact) mass is 349 g/mol. The number of aromatic nitrogens is 4. The van der Waals surface area contributed by atoms with Crippen molar-refractivity contribution in [1.82, 2.24) is 20.0 Å². The van der Waals surface area contributed by atoms with Gasteiger partial charge in [0.1, 0.15) is 6.54 Å². The average Bonchev–Trinajstić information content (AvgIpc) is 3.19. The maximum atomic E-state index is 12.3. The van der Waals surface area contributed by atoms with E-state index in [1.54, 1.807) is 6.07 Å². The van der Waals surface area contributed by atoms with Crippen molar-refractivity contribution in [3.63, 3.8) is 0 Å². The van der Waals surface area contributed by atoms with Crippen LogP contribution in [0.15, 0.2) is 53.3 Å². The molecule has 1 saturated carbocycles. The minimum Gasteiger partial charge on any atom is -0.308 e. The van der Waals surface area contributed by atoms with Crippen LogP contribution >= 0.6 is 0 Å². The van der Waals surface area contributed by atoms with Crippen molar-refractivity contribution >= 4 is 11.7 Å². The van der Waals surface area contributed by atoms with Crippen molar-refractivity contribution in [2.75, 3.05) is 5.32 Å². The molecule has 0 aliphatic heterocycles. The third-order valence-electron chi connectivity index (χ3n) is 4.60. The molecule has 2 atom stereocenters. The molecule has 1 aliphatic carbocycles. The number of H-pyrrole nitrogens is 1. The average molecular weight is 349 g/mol. The molecule has 2 aromatic heterocycles. The smallest absolute Gasteiger partial charge is 0.267 e. The van der Waals surface area contributed by atoms with E-state index in [0.29, 0.717) is 23.3 Å². The summed E-state index contributed by atoms with van der Waals surface area (Å²) in [4.78, 5) is 24.3. The molecule has 0 radical (unpaired) electrons. The molecule has 2 N–H and O–H groups in total. The van der Waals surface area contributed by atoms with Gasteiger partial charge in [-0.05, 0) is 18.4 Å². The van der Waals surface area contributed by atoms with Gasteiger partial charge in [-0.1, -0.05) is 37.3 Å². The SMILES string of the molecule is CC1CC1c1cc(NC(=O)Cn2nc(-c3ccccc3)ccc2=O)n[nH]1. The Hall–Kier alpha value is -3.22. The Bertz CT molecular complexity index is 992. The first-order valence-corrected chi connectivity index (χ1v) is 8.59. The molecule has 3 aromatic rings. The van der Waals surface area contributed by atoms with E-state index < -0.39 is 0 Å². The van der Waals surface area contributed by atoms with Gasteiger partial charge in [-0.25, -0.2) is 4.68 Å². The van der Waals surface area contributed by atoms with Crippen molar-refractivity contribution in [2.45, 2.75) is 25.8 Å². The summed E-state index contributed by atoms with van der Waals surface area (Å²) >= 11 is 0. The Balaban J connectivity index is 1.47. The normalized spacial score (nSPS) is 18.5. The Morgan fingerprint density at radius 2 is 2.04 bits per heavy atom. The summed E-state index contributed by atoms with van der Waals surface area (Å²) in [5.74, 6) is 1.28. The zero-order chi connectivity index (χ0) is 18.1. The Kier molecular flexibility index (Phi) is 4.12. The first-order valence-electron chi connectivity index (χ1n) is 8.59. The van der Waals surface area contributed by atoms with Crippen LogP contribution in [0.25, 0.3) is 11.3 Å². The number of nitrogens with one attached hydrogen (secondary N) is 2. The van der Waals surface area contributed by atoms with Gasteiger partial charge in [0.25, 0.3) is 5.56 Å². The lowest BCUT2D eigenvalue weighted by Crippen LogP contribution is -2.29. The molecule has 2 unspecified atom stereocenters. The highest BCUT2D eigenvalue weighted by Gasteiger charge is 2.35. The molecule has 1 amide bonds. The quantitative estimate of drug-likeness (QED) is 0.740. The highest BCUT2D eigenvalue weighted by Crippen LogP contribution is 2.46. The van der Waals surface area contributed by atoms with Crippen molar-refractivity contribution < 1.29 is 4.79 Å². The topological polar surface area (TPSA) is 92.7 Å².